The third kappa shape index (κ3) is 4.44. The normalized spacial score (nSPS) is 11.3. The van der Waals surface area contributed by atoms with E-state index < -0.39 is 8.32 Å². The van der Waals surface area contributed by atoms with Gasteiger partial charge in [-0.1, -0.05) is 91.0 Å². The van der Waals surface area contributed by atoms with Crippen molar-refractivity contribution in [2.45, 2.75) is 19.6 Å². The van der Waals surface area contributed by atoms with E-state index in [0.29, 0.717) is 5.88 Å². The minimum atomic E-state index is -1.89. The molecule has 1 heterocycles. The maximum atomic E-state index is 6.41. The first-order chi connectivity index (χ1) is 14.0. The van der Waals surface area contributed by atoms with E-state index in [-0.39, 0.29) is 0 Å². The average Bonchev–Trinajstić information content (AvgIpc) is 2.74. The Balaban J connectivity index is 2.01. The van der Waals surface area contributed by atoms with Crippen LogP contribution < -0.4 is 4.43 Å². The first kappa shape index (κ1) is 19.1. The summed E-state index contributed by atoms with van der Waals surface area (Å²) >= 11 is 0. The van der Waals surface area contributed by atoms with Gasteiger partial charge >= 0.3 is 0 Å². The van der Waals surface area contributed by atoms with Crippen LogP contribution in [0.3, 0.4) is 0 Å². The Morgan fingerprint density at radius 2 is 0.897 bits per heavy atom. The van der Waals surface area contributed by atoms with Crippen LogP contribution in [0.2, 0.25) is 19.6 Å². The summed E-state index contributed by atoms with van der Waals surface area (Å²) in [6.07, 6.45) is 0. The highest BCUT2D eigenvalue weighted by Gasteiger charge is 2.24. The van der Waals surface area contributed by atoms with Gasteiger partial charge in [0.15, 0.2) is 0 Å². The van der Waals surface area contributed by atoms with E-state index in [1.807, 2.05) is 54.6 Å². The number of rotatable bonds is 5. The SMILES string of the molecule is C[Si](C)(C)Oc1nc(-c2ccccc2)c(-c2ccccc2)nc1-c1ccccc1. The lowest BCUT2D eigenvalue weighted by Gasteiger charge is -2.22. The molecule has 4 aromatic rings. The first-order valence-corrected chi connectivity index (χ1v) is 13.2. The smallest absolute Gasteiger partial charge is 0.244 e. The second-order valence-corrected chi connectivity index (χ2v) is 12.3. The molecule has 0 N–H and O–H groups in total. The lowest BCUT2D eigenvalue weighted by molar-refractivity contribution is 0.534. The molecule has 0 atom stereocenters. The Kier molecular flexibility index (Phi) is 5.27. The van der Waals surface area contributed by atoms with E-state index in [1.165, 1.54) is 0 Å². The summed E-state index contributed by atoms with van der Waals surface area (Å²) in [7, 11) is -1.89. The van der Waals surface area contributed by atoms with Gasteiger partial charge in [-0.25, -0.2) is 9.97 Å². The zero-order chi connectivity index (χ0) is 20.3. The molecule has 0 aliphatic heterocycles. The van der Waals surface area contributed by atoms with Crippen LogP contribution in [0.4, 0.5) is 0 Å². The van der Waals surface area contributed by atoms with Crippen molar-refractivity contribution in [2.24, 2.45) is 0 Å². The van der Waals surface area contributed by atoms with Crippen LogP contribution in [0.25, 0.3) is 33.8 Å². The molecule has 0 spiro atoms. The molecule has 0 saturated heterocycles. The molecule has 0 aliphatic carbocycles. The second-order valence-electron chi connectivity index (χ2n) is 7.89. The number of benzene rings is 3. The molecule has 0 saturated carbocycles. The monoisotopic (exact) mass is 396 g/mol. The average molecular weight is 397 g/mol. The molecule has 4 heteroatoms. The molecule has 3 nitrogen and oxygen atoms in total. The van der Waals surface area contributed by atoms with E-state index in [1.54, 1.807) is 0 Å². The van der Waals surface area contributed by atoms with Crippen LogP contribution in [0.15, 0.2) is 91.0 Å². The number of hydrogen-bond acceptors (Lipinski definition) is 3. The van der Waals surface area contributed by atoms with Crippen LogP contribution in [0.5, 0.6) is 5.88 Å². The fourth-order valence-corrected chi connectivity index (χ4v) is 3.88. The largest absolute Gasteiger partial charge is 0.530 e. The highest BCUT2D eigenvalue weighted by molar-refractivity contribution is 6.70. The molecule has 0 bridgehead atoms. The quantitative estimate of drug-likeness (QED) is 0.352. The zero-order valence-electron chi connectivity index (χ0n) is 17.0. The molecule has 0 fully saturated rings. The highest BCUT2D eigenvalue weighted by atomic mass is 28.4. The lowest BCUT2D eigenvalue weighted by atomic mass is 10.0. The van der Waals surface area contributed by atoms with Crippen molar-refractivity contribution in [3.63, 3.8) is 0 Å². The van der Waals surface area contributed by atoms with Crippen LogP contribution in [0, 0.1) is 0 Å². The molecular formula is C25H24N2OSi. The van der Waals surface area contributed by atoms with E-state index in [2.05, 4.69) is 56.0 Å². The maximum absolute atomic E-state index is 6.41. The minimum absolute atomic E-state index is 0.605. The van der Waals surface area contributed by atoms with Gasteiger partial charge in [0.05, 0.1) is 5.69 Å². The van der Waals surface area contributed by atoms with Gasteiger partial charge in [-0.05, 0) is 19.6 Å². The summed E-state index contributed by atoms with van der Waals surface area (Å²) in [5.41, 5.74) is 5.55. The molecule has 0 amide bonds. The molecule has 144 valence electrons. The van der Waals surface area contributed by atoms with Crippen molar-refractivity contribution in [2.75, 3.05) is 0 Å². The number of hydrogen-bond donors (Lipinski definition) is 0. The van der Waals surface area contributed by atoms with Gasteiger partial charge in [0.1, 0.15) is 11.4 Å². The predicted octanol–water partition coefficient (Wildman–Crippen LogP) is 6.69. The molecular weight excluding hydrogens is 372 g/mol. The Morgan fingerprint density at radius 1 is 0.517 bits per heavy atom. The molecule has 0 aliphatic rings. The van der Waals surface area contributed by atoms with Gasteiger partial charge in [0.2, 0.25) is 14.2 Å². The Bertz CT molecular complexity index is 1090. The van der Waals surface area contributed by atoms with Crippen molar-refractivity contribution >= 4 is 8.32 Å². The molecule has 3 aromatic carbocycles. The molecule has 1 aromatic heterocycles. The molecule has 4 rings (SSSR count). The van der Waals surface area contributed by atoms with Crippen molar-refractivity contribution in [1.82, 2.24) is 9.97 Å². The second kappa shape index (κ2) is 8.01. The van der Waals surface area contributed by atoms with Crippen molar-refractivity contribution < 1.29 is 4.43 Å². The standard InChI is InChI=1S/C25H24N2OSi/c1-29(2,3)28-25-24(21-17-11-6-12-18-21)26-22(19-13-7-4-8-14-19)23(27-25)20-15-9-5-10-16-20/h4-18H,1-3H3. The van der Waals surface area contributed by atoms with Gasteiger partial charge in [0.25, 0.3) is 0 Å². The van der Waals surface area contributed by atoms with Crippen LogP contribution in [0.1, 0.15) is 0 Å². The zero-order valence-corrected chi connectivity index (χ0v) is 18.0. The first-order valence-electron chi connectivity index (χ1n) is 9.78. The van der Waals surface area contributed by atoms with Gasteiger partial charge in [-0.15, -0.1) is 0 Å². The predicted molar refractivity (Wildman–Crippen MR) is 122 cm³/mol. The molecule has 0 unspecified atom stereocenters. The summed E-state index contributed by atoms with van der Waals surface area (Å²) in [4.78, 5) is 10.1. The van der Waals surface area contributed by atoms with Gasteiger partial charge in [0, 0.05) is 16.7 Å². The highest BCUT2D eigenvalue weighted by Crippen LogP contribution is 2.36. The lowest BCUT2D eigenvalue weighted by Crippen LogP contribution is -2.30. The van der Waals surface area contributed by atoms with E-state index in [0.717, 1.165) is 33.8 Å². The van der Waals surface area contributed by atoms with Crippen LogP contribution in [-0.4, -0.2) is 18.3 Å². The number of nitrogens with zero attached hydrogens (tertiary/aromatic N) is 2. The maximum Gasteiger partial charge on any atom is 0.244 e. The van der Waals surface area contributed by atoms with E-state index in [4.69, 9.17) is 14.4 Å². The minimum Gasteiger partial charge on any atom is -0.530 e. The van der Waals surface area contributed by atoms with Gasteiger partial charge < -0.3 is 4.43 Å². The Hall–Kier alpha value is -3.24. The summed E-state index contributed by atoms with van der Waals surface area (Å²) in [5.74, 6) is 0.605. The molecule has 29 heavy (non-hydrogen) atoms. The topological polar surface area (TPSA) is 35.0 Å². The van der Waals surface area contributed by atoms with Crippen molar-refractivity contribution in [3.05, 3.63) is 91.0 Å². The fourth-order valence-electron chi connectivity index (χ4n) is 3.16. The Labute approximate surface area is 173 Å². The van der Waals surface area contributed by atoms with E-state index in [9.17, 15) is 0 Å². The summed E-state index contributed by atoms with van der Waals surface area (Å²) < 4.78 is 6.41. The van der Waals surface area contributed by atoms with Crippen molar-refractivity contribution in [3.8, 4) is 39.7 Å². The fraction of sp³-hybridized carbons (Fsp3) is 0.120. The summed E-state index contributed by atoms with van der Waals surface area (Å²) in [5, 5.41) is 0. The van der Waals surface area contributed by atoms with E-state index >= 15 is 0 Å². The van der Waals surface area contributed by atoms with Crippen LogP contribution in [-0.2, 0) is 0 Å². The molecule has 0 radical (unpaired) electrons. The summed E-state index contributed by atoms with van der Waals surface area (Å²) in [6.45, 7) is 6.49. The number of aromatic nitrogens is 2. The third-order valence-electron chi connectivity index (χ3n) is 4.41. The van der Waals surface area contributed by atoms with Crippen molar-refractivity contribution in [1.29, 1.82) is 0 Å². The Morgan fingerprint density at radius 3 is 1.31 bits per heavy atom. The van der Waals surface area contributed by atoms with Crippen LogP contribution >= 0.6 is 0 Å². The third-order valence-corrected chi connectivity index (χ3v) is 5.21. The summed E-state index contributed by atoms with van der Waals surface area (Å²) in [6, 6.07) is 30.6. The van der Waals surface area contributed by atoms with Gasteiger partial charge in [-0.2, -0.15) is 0 Å². The van der Waals surface area contributed by atoms with Gasteiger partial charge in [-0.3, -0.25) is 0 Å².